The molecule has 1 saturated carbocycles. The third-order valence-electron chi connectivity index (χ3n) is 7.47. The first-order valence-corrected chi connectivity index (χ1v) is 12.5. The van der Waals surface area contributed by atoms with Crippen molar-refractivity contribution in [3.05, 3.63) is 64.7 Å². The minimum atomic E-state index is -0.0206. The number of rotatable bonds is 4. The van der Waals surface area contributed by atoms with Gasteiger partial charge in [-0.1, -0.05) is 49.1 Å². The number of aromatic nitrogens is 1. The summed E-state index contributed by atoms with van der Waals surface area (Å²) in [5, 5.41) is 11.1. The maximum atomic E-state index is 13.5. The van der Waals surface area contributed by atoms with Gasteiger partial charge in [0.15, 0.2) is 0 Å². The summed E-state index contributed by atoms with van der Waals surface area (Å²) in [6.07, 6.45) is 7.56. The van der Waals surface area contributed by atoms with Gasteiger partial charge < -0.3 is 4.90 Å². The van der Waals surface area contributed by atoms with Gasteiger partial charge in [0.05, 0.1) is 21.8 Å². The number of para-hydroxylation sites is 1. The molecule has 0 unspecified atom stereocenters. The summed E-state index contributed by atoms with van der Waals surface area (Å²) in [6.45, 7) is 2.00. The number of pyridine rings is 1. The topological polar surface area (TPSA) is 60.2 Å². The van der Waals surface area contributed by atoms with Gasteiger partial charge in [-0.15, -0.1) is 0 Å². The predicted octanol–water partition coefficient (Wildman–Crippen LogP) is 5.91. The van der Waals surface area contributed by atoms with Crippen molar-refractivity contribution in [3.8, 4) is 17.3 Å². The Bertz CT molecular complexity index is 1260. The Hall–Kier alpha value is -2.94. The molecule has 0 radical (unpaired) electrons. The molecule has 1 atom stereocenters. The van der Waals surface area contributed by atoms with Crippen molar-refractivity contribution >= 4 is 28.4 Å². The molecule has 1 aliphatic heterocycles. The number of likely N-dealkylation sites (N-methyl/N-ethyl adjacent to an activating group) is 1. The van der Waals surface area contributed by atoms with E-state index >= 15 is 0 Å². The van der Waals surface area contributed by atoms with E-state index in [1.807, 2.05) is 42.3 Å². The van der Waals surface area contributed by atoms with E-state index < -0.39 is 0 Å². The normalized spacial score (nSPS) is 19.3. The molecular weight excluding hydrogens is 444 g/mol. The molecule has 0 bridgehead atoms. The Morgan fingerprint density at radius 2 is 1.91 bits per heavy atom. The lowest BCUT2D eigenvalue weighted by Gasteiger charge is -2.32. The molecule has 3 aromatic rings. The van der Waals surface area contributed by atoms with Gasteiger partial charge in [-0.25, -0.2) is 4.98 Å². The molecule has 0 N–H and O–H groups in total. The van der Waals surface area contributed by atoms with Crippen LogP contribution >= 0.6 is 11.6 Å². The Labute approximate surface area is 205 Å². The molecule has 34 heavy (non-hydrogen) atoms. The summed E-state index contributed by atoms with van der Waals surface area (Å²) < 4.78 is 0. The molecule has 2 aromatic carbocycles. The number of hydrogen-bond acceptors (Lipinski definition) is 4. The van der Waals surface area contributed by atoms with Crippen LogP contribution in [0.5, 0.6) is 0 Å². The van der Waals surface area contributed by atoms with Gasteiger partial charge in [0.1, 0.15) is 6.07 Å². The van der Waals surface area contributed by atoms with Crippen LogP contribution in [0.25, 0.3) is 22.2 Å². The second-order valence-corrected chi connectivity index (χ2v) is 9.94. The molecule has 5 nitrogen and oxygen atoms in total. The Balaban J connectivity index is 1.40. The standard InChI is InChI=1S/C28H29ClN4O/c1-32(23-13-14-33(18-23)22-8-3-2-4-9-22)28(34)20-11-12-25(29)24(16-20)27-21(17-30)15-19-7-5-6-10-26(19)31-27/h5-7,10-12,15-16,22-23H,2-4,8-9,13-14,18H2,1H3/t23-/m1/s1. The van der Waals surface area contributed by atoms with Gasteiger partial charge >= 0.3 is 0 Å². The number of carbonyl (C=O) groups excluding carboxylic acids is 1. The zero-order valence-electron chi connectivity index (χ0n) is 19.5. The first kappa shape index (κ1) is 22.8. The highest BCUT2D eigenvalue weighted by atomic mass is 35.5. The Kier molecular flexibility index (Phi) is 6.54. The van der Waals surface area contributed by atoms with Crippen LogP contribution in [0, 0.1) is 11.3 Å². The van der Waals surface area contributed by atoms with E-state index in [0.29, 0.717) is 33.4 Å². The van der Waals surface area contributed by atoms with Gasteiger partial charge in [-0.05, 0) is 49.6 Å². The number of nitrogens with zero attached hydrogens (tertiary/aromatic N) is 4. The van der Waals surface area contributed by atoms with Crippen LogP contribution < -0.4 is 0 Å². The van der Waals surface area contributed by atoms with E-state index in [2.05, 4.69) is 11.0 Å². The lowest BCUT2D eigenvalue weighted by atomic mass is 9.94. The first-order valence-electron chi connectivity index (χ1n) is 12.2. The van der Waals surface area contributed by atoms with Crippen LogP contribution in [0.1, 0.15) is 54.4 Å². The monoisotopic (exact) mass is 472 g/mol. The molecule has 6 heteroatoms. The molecule has 1 saturated heterocycles. The first-order chi connectivity index (χ1) is 16.5. The number of likely N-dealkylation sites (tertiary alicyclic amines) is 1. The maximum Gasteiger partial charge on any atom is 0.253 e. The van der Waals surface area contributed by atoms with Crippen molar-refractivity contribution in [1.29, 1.82) is 5.26 Å². The quantitative estimate of drug-likeness (QED) is 0.473. The Morgan fingerprint density at radius 3 is 2.71 bits per heavy atom. The van der Waals surface area contributed by atoms with Crippen LogP contribution in [0.3, 0.4) is 0 Å². The lowest BCUT2D eigenvalue weighted by molar-refractivity contribution is 0.0726. The number of nitriles is 1. The fourth-order valence-corrected chi connectivity index (χ4v) is 5.68. The second kappa shape index (κ2) is 9.74. The smallest absolute Gasteiger partial charge is 0.253 e. The summed E-state index contributed by atoms with van der Waals surface area (Å²) in [5.41, 5.74) is 2.91. The average Bonchev–Trinajstić information content (AvgIpc) is 3.38. The van der Waals surface area contributed by atoms with Crippen LogP contribution in [0.4, 0.5) is 0 Å². The number of halogens is 1. The summed E-state index contributed by atoms with van der Waals surface area (Å²) in [6, 6.07) is 17.9. The van der Waals surface area contributed by atoms with E-state index in [9.17, 15) is 10.1 Å². The van der Waals surface area contributed by atoms with Gasteiger partial charge in [0, 0.05) is 48.7 Å². The number of hydrogen-bond donors (Lipinski definition) is 0. The maximum absolute atomic E-state index is 13.5. The molecule has 2 fully saturated rings. The molecule has 1 aliphatic carbocycles. The minimum Gasteiger partial charge on any atom is -0.337 e. The Morgan fingerprint density at radius 1 is 1.12 bits per heavy atom. The third kappa shape index (κ3) is 4.41. The number of benzene rings is 2. The fourth-order valence-electron chi connectivity index (χ4n) is 5.48. The van der Waals surface area contributed by atoms with E-state index in [4.69, 9.17) is 16.6 Å². The van der Waals surface area contributed by atoms with Gasteiger partial charge in [0.2, 0.25) is 0 Å². The van der Waals surface area contributed by atoms with Crippen molar-refractivity contribution in [2.24, 2.45) is 0 Å². The molecular formula is C28H29ClN4O. The van der Waals surface area contributed by atoms with E-state index in [1.165, 1.54) is 32.1 Å². The van der Waals surface area contributed by atoms with Gasteiger partial charge in [-0.2, -0.15) is 5.26 Å². The molecule has 174 valence electrons. The van der Waals surface area contributed by atoms with Crippen LogP contribution in [-0.4, -0.2) is 52.9 Å². The van der Waals surface area contributed by atoms with Crippen molar-refractivity contribution < 1.29 is 4.79 Å². The summed E-state index contributed by atoms with van der Waals surface area (Å²) in [7, 11) is 1.90. The van der Waals surface area contributed by atoms with Gasteiger partial charge in [0.25, 0.3) is 5.91 Å². The minimum absolute atomic E-state index is 0.0206. The SMILES string of the molecule is CN(C(=O)c1ccc(Cl)c(-c2nc3ccccc3cc2C#N)c1)[C@@H]1CCN(C2CCCCC2)C1. The number of fused-ring (bicyclic) bond motifs is 1. The molecule has 5 rings (SSSR count). The van der Waals surface area contributed by atoms with Gasteiger partial charge in [-0.3, -0.25) is 9.69 Å². The number of carbonyl (C=O) groups is 1. The highest BCUT2D eigenvalue weighted by Gasteiger charge is 2.33. The van der Waals surface area contributed by atoms with E-state index in [0.717, 1.165) is 30.4 Å². The zero-order chi connectivity index (χ0) is 23.7. The highest BCUT2D eigenvalue weighted by Crippen LogP contribution is 2.33. The highest BCUT2D eigenvalue weighted by molar-refractivity contribution is 6.33. The van der Waals surface area contributed by atoms with Crippen LogP contribution in [0.2, 0.25) is 5.02 Å². The van der Waals surface area contributed by atoms with Crippen molar-refractivity contribution in [3.63, 3.8) is 0 Å². The molecule has 1 amide bonds. The van der Waals surface area contributed by atoms with Crippen molar-refractivity contribution in [1.82, 2.24) is 14.8 Å². The molecule has 2 aliphatic rings. The second-order valence-electron chi connectivity index (χ2n) is 9.53. The summed E-state index contributed by atoms with van der Waals surface area (Å²) >= 11 is 6.55. The predicted molar refractivity (Wildman–Crippen MR) is 136 cm³/mol. The molecule has 1 aromatic heterocycles. The molecule has 2 heterocycles. The van der Waals surface area contributed by atoms with Crippen molar-refractivity contribution in [2.75, 3.05) is 20.1 Å². The largest absolute Gasteiger partial charge is 0.337 e. The summed E-state index contributed by atoms with van der Waals surface area (Å²) in [5.74, 6) is -0.0206. The molecule has 0 spiro atoms. The lowest BCUT2D eigenvalue weighted by Crippen LogP contribution is -2.41. The average molecular weight is 473 g/mol. The fraction of sp³-hybridized carbons (Fsp3) is 0.393. The van der Waals surface area contributed by atoms with Crippen LogP contribution in [-0.2, 0) is 0 Å². The van der Waals surface area contributed by atoms with E-state index in [-0.39, 0.29) is 11.9 Å². The number of amides is 1. The van der Waals surface area contributed by atoms with Crippen LogP contribution in [0.15, 0.2) is 48.5 Å². The third-order valence-corrected chi connectivity index (χ3v) is 7.80. The zero-order valence-corrected chi connectivity index (χ0v) is 20.3. The van der Waals surface area contributed by atoms with Crippen molar-refractivity contribution in [2.45, 2.75) is 50.6 Å². The summed E-state index contributed by atoms with van der Waals surface area (Å²) in [4.78, 5) is 22.6. The van der Waals surface area contributed by atoms with E-state index in [1.54, 1.807) is 18.2 Å².